The van der Waals surface area contributed by atoms with Crippen LogP contribution in [0.3, 0.4) is 0 Å². The number of ether oxygens (including phenoxy) is 1. The summed E-state index contributed by atoms with van der Waals surface area (Å²) >= 11 is 0. The first kappa shape index (κ1) is 21.1. The van der Waals surface area contributed by atoms with Gasteiger partial charge in [0.1, 0.15) is 0 Å². The SMILES string of the molecule is COC(=O)C1CCN(C(=O)C2=C(c3ccccc3)c3ccccc3N(C)S2(=O)=O)CC1. The van der Waals surface area contributed by atoms with Gasteiger partial charge in [-0.2, -0.15) is 0 Å². The Labute approximate surface area is 182 Å². The number of benzene rings is 2. The van der Waals surface area contributed by atoms with Crippen LogP contribution in [0.15, 0.2) is 59.5 Å². The molecular formula is C23H24N2O5S. The molecule has 2 aromatic rings. The van der Waals surface area contributed by atoms with Gasteiger partial charge >= 0.3 is 5.97 Å². The van der Waals surface area contributed by atoms with Gasteiger partial charge in [0.15, 0.2) is 4.91 Å². The van der Waals surface area contributed by atoms with E-state index >= 15 is 0 Å². The summed E-state index contributed by atoms with van der Waals surface area (Å²) in [5.74, 6) is -1.11. The molecule has 2 aliphatic heterocycles. The summed E-state index contributed by atoms with van der Waals surface area (Å²) in [4.78, 5) is 26.7. The maximum atomic E-state index is 13.6. The van der Waals surface area contributed by atoms with E-state index < -0.39 is 15.9 Å². The summed E-state index contributed by atoms with van der Waals surface area (Å²) < 4.78 is 33.0. The lowest BCUT2D eigenvalue weighted by molar-refractivity contribution is -0.148. The number of hydrogen-bond acceptors (Lipinski definition) is 5. The maximum absolute atomic E-state index is 13.6. The predicted octanol–water partition coefficient (Wildman–Crippen LogP) is 2.64. The molecule has 162 valence electrons. The van der Waals surface area contributed by atoms with Crippen molar-refractivity contribution in [1.29, 1.82) is 0 Å². The minimum atomic E-state index is -4.07. The number of methoxy groups -OCH3 is 1. The van der Waals surface area contributed by atoms with E-state index in [1.165, 1.54) is 23.4 Å². The topological polar surface area (TPSA) is 84.0 Å². The molecule has 0 aliphatic carbocycles. The van der Waals surface area contributed by atoms with Crippen molar-refractivity contribution in [2.45, 2.75) is 12.8 Å². The first-order valence-electron chi connectivity index (χ1n) is 10.1. The minimum Gasteiger partial charge on any atom is -0.469 e. The Hall–Kier alpha value is -3.13. The lowest BCUT2D eigenvalue weighted by atomic mass is 9.94. The predicted molar refractivity (Wildman–Crippen MR) is 118 cm³/mol. The van der Waals surface area contributed by atoms with Crippen molar-refractivity contribution in [3.8, 4) is 0 Å². The van der Waals surface area contributed by atoms with Crippen LogP contribution in [0.2, 0.25) is 0 Å². The van der Waals surface area contributed by atoms with Gasteiger partial charge in [0.2, 0.25) is 0 Å². The average molecular weight is 441 g/mol. The lowest BCUT2D eigenvalue weighted by Gasteiger charge is -2.35. The molecule has 0 unspecified atom stereocenters. The van der Waals surface area contributed by atoms with Gasteiger partial charge in [-0.25, -0.2) is 8.42 Å². The molecule has 2 aromatic carbocycles. The third kappa shape index (κ3) is 3.61. The number of sulfonamides is 1. The van der Waals surface area contributed by atoms with Crippen LogP contribution in [0, 0.1) is 5.92 Å². The van der Waals surface area contributed by atoms with Crippen LogP contribution in [-0.2, 0) is 24.3 Å². The second kappa shape index (κ2) is 8.19. The third-order valence-electron chi connectivity index (χ3n) is 5.93. The van der Waals surface area contributed by atoms with Crippen molar-refractivity contribution in [2.75, 3.05) is 31.6 Å². The number of hydrogen-bond donors (Lipinski definition) is 0. The van der Waals surface area contributed by atoms with Gasteiger partial charge in [-0.3, -0.25) is 13.9 Å². The summed E-state index contributed by atoms with van der Waals surface area (Å²) in [6.07, 6.45) is 0.887. The van der Waals surface area contributed by atoms with Crippen molar-refractivity contribution >= 4 is 33.2 Å². The maximum Gasteiger partial charge on any atom is 0.308 e. The van der Waals surface area contributed by atoms with Crippen LogP contribution in [-0.4, -0.2) is 52.4 Å². The van der Waals surface area contributed by atoms with Crippen LogP contribution in [0.1, 0.15) is 24.0 Å². The highest BCUT2D eigenvalue weighted by molar-refractivity contribution is 7.97. The Morgan fingerprint density at radius 1 is 0.968 bits per heavy atom. The monoisotopic (exact) mass is 440 g/mol. The quantitative estimate of drug-likeness (QED) is 0.685. The second-order valence-corrected chi connectivity index (χ2v) is 9.56. The second-order valence-electron chi connectivity index (χ2n) is 7.65. The van der Waals surface area contributed by atoms with Gasteiger partial charge < -0.3 is 9.64 Å². The van der Waals surface area contributed by atoms with E-state index in [1.807, 2.05) is 42.5 Å². The zero-order valence-corrected chi connectivity index (χ0v) is 18.3. The van der Waals surface area contributed by atoms with Crippen LogP contribution >= 0.6 is 0 Å². The fourth-order valence-electron chi connectivity index (χ4n) is 4.21. The standard InChI is InChI=1S/C23H24N2O5S/c1-24-19-11-7-6-10-18(19)20(16-8-4-3-5-9-16)21(31(24,28)29)22(26)25-14-12-17(13-15-25)23(27)30-2/h3-11,17H,12-15H2,1-2H3. The van der Waals surface area contributed by atoms with Crippen molar-refractivity contribution < 1.29 is 22.7 Å². The molecule has 0 saturated carbocycles. The van der Waals surface area contributed by atoms with Gasteiger partial charge in [0.05, 0.1) is 18.7 Å². The molecule has 4 rings (SSSR count). The third-order valence-corrected chi connectivity index (χ3v) is 7.74. The van der Waals surface area contributed by atoms with E-state index in [9.17, 15) is 18.0 Å². The summed E-state index contributed by atoms with van der Waals surface area (Å²) in [5.41, 5.74) is 2.30. The first-order chi connectivity index (χ1) is 14.9. The molecule has 0 bridgehead atoms. The van der Waals surface area contributed by atoms with Gasteiger partial charge in [0, 0.05) is 31.3 Å². The molecule has 8 heteroatoms. The van der Waals surface area contributed by atoms with Crippen LogP contribution < -0.4 is 4.31 Å². The first-order valence-corrected chi connectivity index (χ1v) is 11.6. The molecule has 0 atom stereocenters. The summed E-state index contributed by atoms with van der Waals surface area (Å²) in [6.45, 7) is 0.593. The van der Waals surface area contributed by atoms with Crippen molar-refractivity contribution in [3.63, 3.8) is 0 Å². The van der Waals surface area contributed by atoms with Gasteiger partial charge in [0.25, 0.3) is 15.9 Å². The molecule has 7 nitrogen and oxygen atoms in total. The Kier molecular flexibility index (Phi) is 5.58. The largest absolute Gasteiger partial charge is 0.469 e. The molecule has 0 spiro atoms. The molecule has 2 aliphatic rings. The van der Waals surface area contributed by atoms with Crippen molar-refractivity contribution in [2.24, 2.45) is 5.92 Å². The minimum absolute atomic E-state index is 0.226. The normalized spacial score (nSPS) is 18.5. The molecule has 1 fully saturated rings. The smallest absolute Gasteiger partial charge is 0.308 e. The van der Waals surface area contributed by atoms with E-state index in [-0.39, 0.29) is 16.8 Å². The van der Waals surface area contributed by atoms with Crippen LogP contribution in [0.4, 0.5) is 5.69 Å². The van der Waals surface area contributed by atoms with E-state index in [1.54, 1.807) is 12.1 Å². The number of likely N-dealkylation sites (tertiary alicyclic amines) is 1. The summed E-state index contributed by atoms with van der Waals surface area (Å²) in [6, 6.07) is 16.3. The molecule has 0 aromatic heterocycles. The van der Waals surface area contributed by atoms with Gasteiger partial charge in [-0.05, 0) is 24.5 Å². The Morgan fingerprint density at radius 2 is 1.58 bits per heavy atom. The van der Waals surface area contributed by atoms with Crippen LogP contribution in [0.25, 0.3) is 5.57 Å². The van der Waals surface area contributed by atoms with Gasteiger partial charge in [-0.15, -0.1) is 0 Å². The number of para-hydroxylation sites is 1. The number of rotatable bonds is 3. The van der Waals surface area contributed by atoms with E-state index in [2.05, 4.69) is 0 Å². The zero-order valence-electron chi connectivity index (χ0n) is 17.4. The molecule has 2 heterocycles. The summed E-state index contributed by atoms with van der Waals surface area (Å²) in [7, 11) is -1.26. The number of amides is 1. The number of piperidine rings is 1. The van der Waals surface area contributed by atoms with E-state index in [0.717, 1.165) is 0 Å². The number of esters is 1. The van der Waals surface area contributed by atoms with E-state index in [4.69, 9.17) is 4.74 Å². The van der Waals surface area contributed by atoms with Gasteiger partial charge in [-0.1, -0.05) is 48.5 Å². The fourth-order valence-corrected chi connectivity index (χ4v) is 5.74. The Bertz CT molecular complexity index is 1150. The Morgan fingerprint density at radius 3 is 2.23 bits per heavy atom. The summed E-state index contributed by atoms with van der Waals surface area (Å²) in [5, 5.41) is 0. The average Bonchev–Trinajstić information content (AvgIpc) is 2.81. The zero-order chi connectivity index (χ0) is 22.2. The molecule has 31 heavy (non-hydrogen) atoms. The highest BCUT2D eigenvalue weighted by atomic mass is 32.2. The number of carbonyl (C=O) groups excluding carboxylic acids is 2. The Balaban J connectivity index is 1.83. The molecular weight excluding hydrogens is 416 g/mol. The number of anilines is 1. The molecule has 1 amide bonds. The number of carbonyl (C=O) groups is 2. The highest BCUT2D eigenvalue weighted by Crippen LogP contribution is 2.42. The van der Waals surface area contributed by atoms with Crippen LogP contribution in [0.5, 0.6) is 0 Å². The highest BCUT2D eigenvalue weighted by Gasteiger charge is 2.42. The number of nitrogens with zero attached hydrogens (tertiary/aromatic N) is 2. The lowest BCUT2D eigenvalue weighted by Crippen LogP contribution is -2.45. The molecule has 1 saturated heterocycles. The van der Waals surface area contributed by atoms with Crippen molar-refractivity contribution in [3.05, 3.63) is 70.6 Å². The fraction of sp³-hybridized carbons (Fsp3) is 0.304. The molecule has 0 N–H and O–H groups in total. The van der Waals surface area contributed by atoms with Crippen molar-refractivity contribution in [1.82, 2.24) is 4.90 Å². The van der Waals surface area contributed by atoms with E-state index in [0.29, 0.717) is 48.3 Å². The number of fused-ring (bicyclic) bond motifs is 1. The molecule has 0 radical (unpaired) electrons.